The number of rotatable bonds is 5. The average Bonchev–Trinajstić information content (AvgIpc) is 2.55. The van der Waals surface area contributed by atoms with Crippen molar-refractivity contribution in [1.29, 1.82) is 0 Å². The zero-order chi connectivity index (χ0) is 18.6. The number of alkyl halides is 3. The van der Waals surface area contributed by atoms with E-state index in [9.17, 15) is 22.8 Å². The molecule has 2 aromatic rings. The SMILES string of the molecule is CCOC(=O)Cc1cc(-c2ccc(C(F)(F)F)cc2C=O)cnc1Cl. The predicted octanol–water partition coefficient (Wildman–Crippen LogP) is 4.34. The van der Waals surface area contributed by atoms with Crippen LogP contribution in [0.5, 0.6) is 0 Å². The van der Waals surface area contributed by atoms with Crippen molar-refractivity contribution < 1.29 is 27.5 Å². The van der Waals surface area contributed by atoms with Crippen molar-refractivity contribution in [3.8, 4) is 11.1 Å². The summed E-state index contributed by atoms with van der Waals surface area (Å²) in [7, 11) is 0. The van der Waals surface area contributed by atoms with Crippen LogP contribution in [0.2, 0.25) is 5.15 Å². The zero-order valence-electron chi connectivity index (χ0n) is 13.1. The van der Waals surface area contributed by atoms with E-state index in [2.05, 4.69) is 4.98 Å². The molecule has 0 aliphatic carbocycles. The smallest absolute Gasteiger partial charge is 0.416 e. The van der Waals surface area contributed by atoms with Gasteiger partial charge in [-0.3, -0.25) is 9.59 Å². The molecule has 0 aliphatic heterocycles. The van der Waals surface area contributed by atoms with E-state index in [-0.39, 0.29) is 29.3 Å². The molecule has 1 aromatic heterocycles. The number of aromatic nitrogens is 1. The van der Waals surface area contributed by atoms with Crippen LogP contribution < -0.4 is 0 Å². The molecule has 132 valence electrons. The second kappa shape index (κ2) is 7.65. The fourth-order valence-corrected chi connectivity index (χ4v) is 2.40. The van der Waals surface area contributed by atoms with Crippen LogP contribution in [0, 0.1) is 0 Å². The largest absolute Gasteiger partial charge is 0.466 e. The molecule has 0 saturated carbocycles. The van der Waals surface area contributed by atoms with Crippen LogP contribution in [-0.2, 0) is 22.1 Å². The van der Waals surface area contributed by atoms with Crippen LogP contribution in [-0.4, -0.2) is 23.8 Å². The lowest BCUT2D eigenvalue weighted by Crippen LogP contribution is -2.08. The molecule has 25 heavy (non-hydrogen) atoms. The van der Waals surface area contributed by atoms with Crippen molar-refractivity contribution in [3.05, 3.63) is 52.3 Å². The van der Waals surface area contributed by atoms with Gasteiger partial charge in [-0.05, 0) is 30.7 Å². The van der Waals surface area contributed by atoms with Crippen molar-refractivity contribution in [2.45, 2.75) is 19.5 Å². The normalized spacial score (nSPS) is 11.2. The Kier molecular flexibility index (Phi) is 5.79. The highest BCUT2D eigenvalue weighted by Gasteiger charge is 2.31. The topological polar surface area (TPSA) is 56.3 Å². The predicted molar refractivity (Wildman–Crippen MR) is 85.4 cm³/mol. The summed E-state index contributed by atoms with van der Waals surface area (Å²) in [5, 5.41) is 0.0800. The number of esters is 1. The van der Waals surface area contributed by atoms with Gasteiger partial charge in [-0.1, -0.05) is 17.7 Å². The minimum Gasteiger partial charge on any atom is -0.466 e. The highest BCUT2D eigenvalue weighted by molar-refractivity contribution is 6.30. The van der Waals surface area contributed by atoms with Crippen molar-refractivity contribution in [1.82, 2.24) is 4.98 Å². The van der Waals surface area contributed by atoms with Crippen molar-refractivity contribution >= 4 is 23.9 Å². The van der Waals surface area contributed by atoms with Crippen molar-refractivity contribution in [3.63, 3.8) is 0 Å². The summed E-state index contributed by atoms with van der Waals surface area (Å²) < 4.78 is 43.2. The molecule has 0 amide bonds. The van der Waals surface area contributed by atoms with E-state index >= 15 is 0 Å². The van der Waals surface area contributed by atoms with E-state index in [0.29, 0.717) is 17.4 Å². The Balaban J connectivity index is 2.45. The third kappa shape index (κ3) is 4.57. The number of halogens is 4. The molecular weight excluding hydrogens is 359 g/mol. The molecule has 1 heterocycles. The van der Waals surface area contributed by atoms with Gasteiger partial charge in [-0.2, -0.15) is 13.2 Å². The molecule has 2 rings (SSSR count). The maximum absolute atomic E-state index is 12.8. The summed E-state index contributed by atoms with van der Waals surface area (Å²) in [6, 6.07) is 4.33. The van der Waals surface area contributed by atoms with E-state index in [4.69, 9.17) is 16.3 Å². The van der Waals surface area contributed by atoms with Gasteiger partial charge in [0.15, 0.2) is 6.29 Å². The van der Waals surface area contributed by atoms with Gasteiger partial charge >= 0.3 is 12.1 Å². The Hall–Kier alpha value is -2.41. The van der Waals surface area contributed by atoms with Gasteiger partial charge in [0.05, 0.1) is 18.6 Å². The molecule has 0 unspecified atom stereocenters. The highest BCUT2D eigenvalue weighted by atomic mass is 35.5. The van der Waals surface area contributed by atoms with Crippen molar-refractivity contribution in [2.75, 3.05) is 6.61 Å². The van der Waals surface area contributed by atoms with Gasteiger partial charge in [0.2, 0.25) is 0 Å². The Labute approximate surface area is 146 Å². The average molecular weight is 372 g/mol. The van der Waals surface area contributed by atoms with E-state index in [1.54, 1.807) is 6.92 Å². The van der Waals surface area contributed by atoms with Crippen LogP contribution in [0.4, 0.5) is 13.2 Å². The molecular formula is C17H13ClF3NO3. The first kappa shape index (κ1) is 18.9. The molecule has 0 saturated heterocycles. The number of benzene rings is 1. The Morgan fingerprint density at radius 1 is 1.32 bits per heavy atom. The number of hydrogen-bond donors (Lipinski definition) is 0. The number of carbonyl (C=O) groups excluding carboxylic acids is 2. The quantitative estimate of drug-likeness (QED) is 0.446. The van der Waals surface area contributed by atoms with Gasteiger partial charge in [0, 0.05) is 22.9 Å². The summed E-state index contributed by atoms with van der Waals surface area (Å²) in [5.41, 5.74) is -0.0702. The third-order valence-corrected chi connectivity index (χ3v) is 3.71. The number of aldehydes is 1. The van der Waals surface area contributed by atoms with E-state index < -0.39 is 17.7 Å². The lowest BCUT2D eigenvalue weighted by molar-refractivity contribution is -0.142. The van der Waals surface area contributed by atoms with Crippen molar-refractivity contribution in [2.24, 2.45) is 0 Å². The second-order valence-electron chi connectivity index (χ2n) is 5.07. The first-order chi connectivity index (χ1) is 11.8. The maximum atomic E-state index is 12.8. The maximum Gasteiger partial charge on any atom is 0.416 e. The summed E-state index contributed by atoms with van der Waals surface area (Å²) in [6.45, 7) is 1.87. The highest BCUT2D eigenvalue weighted by Crippen LogP contribution is 2.33. The first-order valence-corrected chi connectivity index (χ1v) is 7.61. The number of hydrogen-bond acceptors (Lipinski definition) is 4. The van der Waals surface area contributed by atoms with Gasteiger partial charge in [0.1, 0.15) is 5.15 Å². The Morgan fingerprint density at radius 2 is 2.04 bits per heavy atom. The monoisotopic (exact) mass is 371 g/mol. The Bertz CT molecular complexity index is 806. The van der Waals surface area contributed by atoms with Gasteiger partial charge < -0.3 is 4.74 Å². The lowest BCUT2D eigenvalue weighted by atomic mass is 9.98. The van der Waals surface area contributed by atoms with E-state index in [1.165, 1.54) is 18.3 Å². The number of nitrogens with zero attached hydrogens (tertiary/aromatic N) is 1. The summed E-state index contributed by atoms with van der Waals surface area (Å²) in [5.74, 6) is -0.508. The number of pyridine rings is 1. The van der Waals surface area contributed by atoms with Gasteiger partial charge in [0.25, 0.3) is 0 Å². The number of ether oxygens (including phenoxy) is 1. The molecule has 4 nitrogen and oxygen atoms in total. The fourth-order valence-electron chi connectivity index (χ4n) is 2.23. The molecule has 1 aromatic carbocycles. The van der Waals surface area contributed by atoms with E-state index in [1.807, 2.05) is 0 Å². The molecule has 0 N–H and O–H groups in total. The summed E-state index contributed by atoms with van der Waals surface area (Å²) >= 11 is 5.95. The van der Waals surface area contributed by atoms with Crippen LogP contribution in [0.1, 0.15) is 28.4 Å². The molecule has 0 atom stereocenters. The fraction of sp³-hybridized carbons (Fsp3) is 0.235. The van der Waals surface area contributed by atoms with Gasteiger partial charge in [-0.15, -0.1) is 0 Å². The minimum atomic E-state index is -4.55. The molecule has 0 aliphatic rings. The molecule has 0 radical (unpaired) electrons. The minimum absolute atomic E-state index is 0.0800. The third-order valence-electron chi connectivity index (χ3n) is 3.37. The molecule has 0 bridgehead atoms. The first-order valence-electron chi connectivity index (χ1n) is 7.23. The summed E-state index contributed by atoms with van der Waals surface area (Å²) in [4.78, 5) is 26.7. The second-order valence-corrected chi connectivity index (χ2v) is 5.43. The molecule has 8 heteroatoms. The molecule has 0 fully saturated rings. The van der Waals surface area contributed by atoms with Crippen LogP contribution in [0.15, 0.2) is 30.5 Å². The zero-order valence-corrected chi connectivity index (χ0v) is 13.8. The van der Waals surface area contributed by atoms with Crippen LogP contribution in [0.3, 0.4) is 0 Å². The van der Waals surface area contributed by atoms with Gasteiger partial charge in [-0.25, -0.2) is 4.98 Å². The lowest BCUT2D eigenvalue weighted by Gasteiger charge is -2.12. The Morgan fingerprint density at radius 3 is 2.64 bits per heavy atom. The molecule has 0 spiro atoms. The number of carbonyl (C=O) groups is 2. The van der Waals surface area contributed by atoms with Crippen LogP contribution in [0.25, 0.3) is 11.1 Å². The van der Waals surface area contributed by atoms with E-state index in [0.717, 1.165) is 12.1 Å². The van der Waals surface area contributed by atoms with Crippen LogP contribution >= 0.6 is 11.6 Å². The summed E-state index contributed by atoms with van der Waals surface area (Å²) in [6.07, 6.45) is -3.02. The standard InChI is InChI=1S/C17H13ClF3NO3/c1-2-25-15(24)7-10-5-11(8-22-16(10)18)14-4-3-13(17(19,20)21)6-12(14)9-23/h3-6,8-9H,2,7H2,1H3.